The second-order valence-electron chi connectivity index (χ2n) is 5.90. The number of nitrogens with zero attached hydrogens (tertiary/aromatic N) is 2. The van der Waals surface area contributed by atoms with Crippen LogP contribution in [0.3, 0.4) is 0 Å². The molecule has 2 aromatic heterocycles. The molecule has 1 aliphatic rings. The molecule has 22 heavy (non-hydrogen) atoms. The number of hydrogen-bond acceptors (Lipinski definition) is 4. The van der Waals surface area contributed by atoms with E-state index >= 15 is 0 Å². The van der Waals surface area contributed by atoms with Gasteiger partial charge in [0.05, 0.1) is 11.4 Å². The number of hydrogen-bond donors (Lipinski definition) is 2. The van der Waals surface area contributed by atoms with Gasteiger partial charge in [0.2, 0.25) is 0 Å². The zero-order valence-electron chi connectivity index (χ0n) is 12.9. The first-order chi connectivity index (χ1) is 10.9. The third kappa shape index (κ3) is 4.36. The molecule has 2 aromatic rings. The highest BCUT2D eigenvalue weighted by atomic mass is 15.0. The van der Waals surface area contributed by atoms with Crippen LogP contribution in [-0.4, -0.2) is 22.1 Å². The normalized spacial score (nSPS) is 21.6. The van der Waals surface area contributed by atoms with Crippen LogP contribution >= 0.6 is 0 Å². The molecular weight excluding hydrogens is 272 g/mol. The first-order valence-corrected chi connectivity index (χ1v) is 8.18. The zero-order chi connectivity index (χ0) is 15.0. The Kier molecular flexibility index (Phi) is 5.51. The lowest BCUT2D eigenvalue weighted by molar-refractivity contribution is 0.280. The second-order valence-corrected chi connectivity index (χ2v) is 5.90. The third-order valence-corrected chi connectivity index (χ3v) is 4.31. The van der Waals surface area contributed by atoms with Gasteiger partial charge in [0, 0.05) is 37.6 Å². The Balaban J connectivity index is 1.52. The molecule has 2 atom stereocenters. The van der Waals surface area contributed by atoms with Gasteiger partial charge < -0.3 is 10.6 Å². The van der Waals surface area contributed by atoms with Gasteiger partial charge in [-0.1, -0.05) is 25.0 Å². The summed E-state index contributed by atoms with van der Waals surface area (Å²) >= 11 is 0. The van der Waals surface area contributed by atoms with Gasteiger partial charge in [-0.3, -0.25) is 9.97 Å². The van der Waals surface area contributed by atoms with Crippen molar-refractivity contribution in [3.8, 4) is 0 Å². The standard InChI is InChI=1S/C18H24N4/c1-2-10-18(22-14-16-8-4-6-12-20-16)17(9-1)21-13-15-7-3-5-11-19-15/h3-8,11-12,17-18,21-22H,1-2,9-10,13-14H2/t17-,18+. The smallest absolute Gasteiger partial charge is 0.0541 e. The summed E-state index contributed by atoms with van der Waals surface area (Å²) in [4.78, 5) is 8.78. The maximum atomic E-state index is 4.39. The minimum absolute atomic E-state index is 0.513. The van der Waals surface area contributed by atoms with Gasteiger partial charge in [0.15, 0.2) is 0 Å². The van der Waals surface area contributed by atoms with Crippen molar-refractivity contribution in [3.05, 3.63) is 60.2 Å². The molecule has 4 heteroatoms. The Bertz CT molecular complexity index is 492. The van der Waals surface area contributed by atoms with Crippen LogP contribution in [0, 0.1) is 0 Å². The molecule has 0 saturated heterocycles. The van der Waals surface area contributed by atoms with Gasteiger partial charge >= 0.3 is 0 Å². The van der Waals surface area contributed by atoms with Crippen LogP contribution in [0.25, 0.3) is 0 Å². The van der Waals surface area contributed by atoms with Gasteiger partial charge in [-0.25, -0.2) is 0 Å². The minimum atomic E-state index is 0.513. The van der Waals surface area contributed by atoms with E-state index in [1.54, 1.807) is 0 Å². The number of aromatic nitrogens is 2. The molecule has 3 rings (SSSR count). The Labute approximate surface area is 132 Å². The molecule has 0 bridgehead atoms. The van der Waals surface area contributed by atoms with Crippen LogP contribution in [0.4, 0.5) is 0 Å². The van der Waals surface area contributed by atoms with E-state index in [2.05, 4.69) is 32.7 Å². The van der Waals surface area contributed by atoms with Crippen LogP contribution in [0.1, 0.15) is 37.1 Å². The van der Waals surface area contributed by atoms with E-state index in [0.29, 0.717) is 12.1 Å². The molecule has 2 N–H and O–H groups in total. The lowest BCUT2D eigenvalue weighted by atomic mass is 9.90. The third-order valence-electron chi connectivity index (χ3n) is 4.31. The van der Waals surface area contributed by atoms with Crippen LogP contribution < -0.4 is 10.6 Å². The van der Waals surface area contributed by atoms with Crippen molar-refractivity contribution in [1.82, 2.24) is 20.6 Å². The molecule has 0 unspecified atom stereocenters. The first-order valence-electron chi connectivity index (χ1n) is 8.18. The Morgan fingerprint density at radius 1 is 0.773 bits per heavy atom. The van der Waals surface area contributed by atoms with Crippen molar-refractivity contribution < 1.29 is 0 Å². The van der Waals surface area contributed by atoms with Gasteiger partial charge in [-0.15, -0.1) is 0 Å². The van der Waals surface area contributed by atoms with Crippen LogP contribution in [-0.2, 0) is 13.1 Å². The van der Waals surface area contributed by atoms with E-state index in [9.17, 15) is 0 Å². The summed E-state index contributed by atoms with van der Waals surface area (Å²) in [6, 6.07) is 13.2. The van der Waals surface area contributed by atoms with Gasteiger partial charge in [-0.2, -0.15) is 0 Å². The van der Waals surface area contributed by atoms with E-state index in [0.717, 1.165) is 24.5 Å². The molecule has 0 amide bonds. The van der Waals surface area contributed by atoms with Crippen molar-refractivity contribution >= 4 is 0 Å². The molecule has 1 fully saturated rings. The van der Waals surface area contributed by atoms with Crippen molar-refractivity contribution in [2.24, 2.45) is 0 Å². The Hall–Kier alpha value is -1.78. The molecule has 116 valence electrons. The second kappa shape index (κ2) is 8.01. The quantitative estimate of drug-likeness (QED) is 0.860. The highest BCUT2D eigenvalue weighted by molar-refractivity contribution is 5.05. The molecule has 4 nitrogen and oxygen atoms in total. The minimum Gasteiger partial charge on any atom is -0.307 e. The fourth-order valence-electron chi connectivity index (χ4n) is 3.10. The zero-order valence-corrected chi connectivity index (χ0v) is 12.9. The van der Waals surface area contributed by atoms with Crippen molar-refractivity contribution in [3.63, 3.8) is 0 Å². The summed E-state index contributed by atoms with van der Waals surface area (Å²) in [5.41, 5.74) is 2.22. The molecule has 0 radical (unpaired) electrons. The average molecular weight is 296 g/mol. The lowest BCUT2D eigenvalue weighted by Crippen LogP contribution is -2.49. The Morgan fingerprint density at radius 3 is 1.68 bits per heavy atom. The maximum Gasteiger partial charge on any atom is 0.0541 e. The molecular formula is C18H24N4. The summed E-state index contributed by atoms with van der Waals surface area (Å²) < 4.78 is 0. The summed E-state index contributed by atoms with van der Waals surface area (Å²) in [7, 11) is 0. The van der Waals surface area contributed by atoms with Gasteiger partial charge in [0.25, 0.3) is 0 Å². The van der Waals surface area contributed by atoms with Gasteiger partial charge in [-0.05, 0) is 37.1 Å². The largest absolute Gasteiger partial charge is 0.307 e. The summed E-state index contributed by atoms with van der Waals surface area (Å²) in [5.74, 6) is 0. The first kappa shape index (κ1) is 15.1. The SMILES string of the molecule is c1ccc(CN[C@H]2CCCC[C@H]2NCc2ccccn2)nc1. The fraction of sp³-hybridized carbons (Fsp3) is 0.444. The van der Waals surface area contributed by atoms with E-state index in [1.807, 2.05) is 36.7 Å². The van der Waals surface area contributed by atoms with Crippen LogP contribution in [0.5, 0.6) is 0 Å². The molecule has 1 aliphatic carbocycles. The molecule has 0 aromatic carbocycles. The average Bonchev–Trinajstić information content (AvgIpc) is 2.61. The molecule has 0 spiro atoms. The molecule has 1 saturated carbocycles. The fourth-order valence-corrected chi connectivity index (χ4v) is 3.10. The Morgan fingerprint density at radius 2 is 1.27 bits per heavy atom. The summed E-state index contributed by atoms with van der Waals surface area (Å²) in [5, 5.41) is 7.36. The van der Waals surface area contributed by atoms with Crippen molar-refractivity contribution in [1.29, 1.82) is 0 Å². The van der Waals surface area contributed by atoms with E-state index in [1.165, 1.54) is 25.7 Å². The molecule has 2 heterocycles. The van der Waals surface area contributed by atoms with Crippen molar-refractivity contribution in [2.45, 2.75) is 50.9 Å². The predicted molar refractivity (Wildman–Crippen MR) is 88.2 cm³/mol. The molecule has 0 aliphatic heterocycles. The van der Waals surface area contributed by atoms with Crippen molar-refractivity contribution in [2.75, 3.05) is 0 Å². The number of pyridine rings is 2. The van der Waals surface area contributed by atoms with E-state index < -0.39 is 0 Å². The topological polar surface area (TPSA) is 49.8 Å². The number of nitrogens with one attached hydrogen (secondary N) is 2. The highest BCUT2D eigenvalue weighted by Crippen LogP contribution is 2.19. The maximum absolute atomic E-state index is 4.39. The lowest BCUT2D eigenvalue weighted by Gasteiger charge is -2.33. The highest BCUT2D eigenvalue weighted by Gasteiger charge is 2.24. The predicted octanol–water partition coefficient (Wildman–Crippen LogP) is 2.67. The summed E-state index contributed by atoms with van der Waals surface area (Å²) in [6.07, 6.45) is 8.78. The van der Waals surface area contributed by atoms with E-state index in [-0.39, 0.29) is 0 Å². The van der Waals surface area contributed by atoms with E-state index in [4.69, 9.17) is 0 Å². The van der Waals surface area contributed by atoms with Crippen LogP contribution in [0.2, 0.25) is 0 Å². The monoisotopic (exact) mass is 296 g/mol. The summed E-state index contributed by atoms with van der Waals surface area (Å²) in [6.45, 7) is 1.68. The number of rotatable bonds is 6. The van der Waals surface area contributed by atoms with Gasteiger partial charge in [0.1, 0.15) is 0 Å². The van der Waals surface area contributed by atoms with Crippen LogP contribution in [0.15, 0.2) is 48.8 Å².